The Morgan fingerprint density at radius 3 is 2.24 bits per heavy atom. The Kier molecular flexibility index (Phi) is 9.60. The molecule has 0 N–H and O–H groups in total. The molecule has 0 aliphatic heterocycles. The molecule has 0 saturated carbocycles. The zero-order valence-corrected chi connectivity index (χ0v) is 18.6. The van der Waals surface area contributed by atoms with Gasteiger partial charge in [-0.3, -0.25) is 0 Å². The lowest BCUT2D eigenvalue weighted by atomic mass is 9.99. The molecule has 0 unspecified atom stereocenters. The number of hydrogen-bond acceptors (Lipinski definition) is 3. The third-order valence-electron chi connectivity index (χ3n) is 4.31. The van der Waals surface area contributed by atoms with Crippen molar-refractivity contribution in [1.29, 1.82) is 0 Å². The predicted molar refractivity (Wildman–Crippen MR) is 122 cm³/mol. The van der Waals surface area contributed by atoms with Crippen molar-refractivity contribution in [1.82, 2.24) is 0 Å². The SMILES string of the molecule is CC(=O)[O-].CC1=CC(=[N+](C)C)C=C\C1=C/C=C/C=C/c1ccc(N(C)C)cc1C. The van der Waals surface area contributed by atoms with Gasteiger partial charge in [0, 0.05) is 37.9 Å². The van der Waals surface area contributed by atoms with E-state index in [9.17, 15) is 0 Å². The first kappa shape index (κ1) is 23.9. The Labute approximate surface area is 175 Å². The molecular weight excluding hydrogens is 360 g/mol. The lowest BCUT2D eigenvalue weighted by Gasteiger charge is -2.13. The molecule has 2 rings (SSSR count). The maximum Gasteiger partial charge on any atom is 0.199 e. The average molecular weight is 393 g/mol. The van der Waals surface area contributed by atoms with Crippen molar-refractivity contribution in [3.05, 3.63) is 83.0 Å². The number of carboxylic acid groups (broad SMARTS) is 1. The summed E-state index contributed by atoms with van der Waals surface area (Å²) in [6.45, 7) is 5.27. The summed E-state index contributed by atoms with van der Waals surface area (Å²) in [5, 5.41) is 8.89. The van der Waals surface area contributed by atoms with Crippen molar-refractivity contribution in [3.8, 4) is 0 Å². The third kappa shape index (κ3) is 8.60. The van der Waals surface area contributed by atoms with Crippen molar-refractivity contribution < 1.29 is 14.5 Å². The number of nitrogens with zero attached hydrogens (tertiary/aromatic N) is 2. The number of rotatable bonds is 4. The largest absolute Gasteiger partial charge is 0.550 e. The monoisotopic (exact) mass is 392 g/mol. The standard InChI is InChI=1S/C23H29N2.C2H4O2/c1-18-16-22(24(3)4)14-12-20(18)10-8-7-9-11-21-13-15-23(25(5)6)17-19(21)2;1-2(3)4/h7-17H,1-6H3;1H3,(H,3,4)/q+1;/p-1. The van der Waals surface area contributed by atoms with Gasteiger partial charge in [-0.1, -0.05) is 36.4 Å². The molecule has 0 saturated heterocycles. The van der Waals surface area contributed by atoms with Crippen LogP contribution in [0.1, 0.15) is 25.0 Å². The average Bonchev–Trinajstić information content (AvgIpc) is 2.62. The summed E-state index contributed by atoms with van der Waals surface area (Å²) in [6, 6.07) is 6.53. The van der Waals surface area contributed by atoms with Crippen LogP contribution in [0.25, 0.3) is 6.08 Å². The van der Waals surface area contributed by atoms with Gasteiger partial charge >= 0.3 is 0 Å². The van der Waals surface area contributed by atoms with Gasteiger partial charge in [0.15, 0.2) is 5.71 Å². The topological polar surface area (TPSA) is 46.4 Å². The molecule has 0 fully saturated rings. The van der Waals surface area contributed by atoms with Crippen molar-refractivity contribution in [2.75, 3.05) is 33.1 Å². The number of hydrogen-bond donors (Lipinski definition) is 0. The van der Waals surface area contributed by atoms with Crippen LogP contribution in [0.2, 0.25) is 0 Å². The van der Waals surface area contributed by atoms with E-state index in [-0.39, 0.29) is 0 Å². The number of anilines is 1. The number of aliphatic carboxylic acids is 1. The summed E-state index contributed by atoms with van der Waals surface area (Å²) in [5.41, 5.74) is 7.54. The molecule has 1 aromatic rings. The highest BCUT2D eigenvalue weighted by atomic mass is 16.4. The molecule has 1 aromatic carbocycles. The molecule has 0 aromatic heterocycles. The van der Waals surface area contributed by atoms with Crippen molar-refractivity contribution in [2.45, 2.75) is 20.8 Å². The van der Waals surface area contributed by atoms with Gasteiger partial charge < -0.3 is 14.8 Å². The van der Waals surface area contributed by atoms with Crippen molar-refractivity contribution in [2.24, 2.45) is 0 Å². The van der Waals surface area contributed by atoms with Crippen LogP contribution in [-0.2, 0) is 4.79 Å². The first-order valence-corrected chi connectivity index (χ1v) is 9.53. The molecule has 4 nitrogen and oxygen atoms in total. The molecule has 1 aliphatic carbocycles. The highest BCUT2D eigenvalue weighted by Gasteiger charge is 2.08. The fourth-order valence-corrected chi connectivity index (χ4v) is 2.63. The molecule has 0 heterocycles. The maximum atomic E-state index is 8.89. The molecular formula is C25H32N2O2. The van der Waals surface area contributed by atoms with E-state index in [1.165, 1.54) is 33.7 Å². The Morgan fingerprint density at radius 2 is 1.72 bits per heavy atom. The van der Waals surface area contributed by atoms with Crippen LogP contribution in [0.15, 0.2) is 71.9 Å². The number of allylic oxidation sites excluding steroid dienone is 9. The molecule has 154 valence electrons. The van der Waals surface area contributed by atoms with E-state index in [0.29, 0.717) is 0 Å². The van der Waals surface area contributed by atoms with Crippen molar-refractivity contribution >= 4 is 23.4 Å². The minimum absolute atomic E-state index is 0.972. The molecule has 4 heteroatoms. The van der Waals surface area contributed by atoms with Gasteiger partial charge in [-0.05, 0) is 61.3 Å². The van der Waals surface area contributed by atoms with Crippen LogP contribution >= 0.6 is 0 Å². The van der Waals surface area contributed by atoms with Gasteiger partial charge in [-0.25, -0.2) is 4.58 Å². The highest BCUT2D eigenvalue weighted by Crippen LogP contribution is 2.19. The van der Waals surface area contributed by atoms with Gasteiger partial charge in [0.25, 0.3) is 0 Å². The van der Waals surface area contributed by atoms with Gasteiger partial charge in [-0.2, -0.15) is 0 Å². The van der Waals surface area contributed by atoms with Crippen LogP contribution in [0.3, 0.4) is 0 Å². The van der Waals surface area contributed by atoms with E-state index in [1.54, 1.807) is 0 Å². The maximum absolute atomic E-state index is 8.89. The van der Waals surface area contributed by atoms with Crippen LogP contribution in [-0.4, -0.2) is 44.4 Å². The van der Waals surface area contributed by atoms with Gasteiger partial charge in [0.2, 0.25) is 0 Å². The number of benzene rings is 1. The molecule has 0 spiro atoms. The Morgan fingerprint density at radius 1 is 1.07 bits per heavy atom. The normalized spacial score (nSPS) is 14.8. The van der Waals surface area contributed by atoms with Crippen LogP contribution in [0.5, 0.6) is 0 Å². The minimum Gasteiger partial charge on any atom is -0.550 e. The first-order chi connectivity index (χ1) is 13.6. The second-order valence-corrected chi connectivity index (χ2v) is 7.27. The van der Waals surface area contributed by atoms with E-state index >= 15 is 0 Å². The highest BCUT2D eigenvalue weighted by molar-refractivity contribution is 6.03. The Balaban J connectivity index is 0.000000960. The van der Waals surface area contributed by atoms with Gasteiger partial charge in [0.1, 0.15) is 14.1 Å². The lowest BCUT2D eigenvalue weighted by Crippen LogP contribution is -2.16. The van der Waals surface area contributed by atoms with E-state index in [2.05, 4.69) is 118 Å². The summed E-state index contributed by atoms with van der Waals surface area (Å²) in [5.74, 6) is -1.08. The van der Waals surface area contributed by atoms with Crippen LogP contribution in [0.4, 0.5) is 5.69 Å². The first-order valence-electron chi connectivity index (χ1n) is 9.53. The summed E-state index contributed by atoms with van der Waals surface area (Å²) in [4.78, 5) is 11.0. The zero-order chi connectivity index (χ0) is 22.0. The number of carbonyl (C=O) groups is 1. The molecule has 0 radical (unpaired) electrons. The summed E-state index contributed by atoms with van der Waals surface area (Å²) < 4.78 is 2.12. The minimum atomic E-state index is -1.08. The second-order valence-electron chi connectivity index (χ2n) is 7.27. The number of carboxylic acids is 1. The van der Waals surface area contributed by atoms with E-state index < -0.39 is 5.97 Å². The number of carbonyl (C=O) groups excluding carboxylic acids is 1. The summed E-state index contributed by atoms with van der Waals surface area (Å²) in [7, 11) is 8.26. The molecule has 0 bridgehead atoms. The molecule has 0 atom stereocenters. The third-order valence-corrected chi connectivity index (χ3v) is 4.31. The smallest absolute Gasteiger partial charge is 0.199 e. The second kappa shape index (κ2) is 11.6. The lowest BCUT2D eigenvalue weighted by molar-refractivity contribution is -0.462. The molecule has 29 heavy (non-hydrogen) atoms. The molecule has 0 amide bonds. The Hall–Kier alpha value is -3.14. The van der Waals surface area contributed by atoms with E-state index in [0.717, 1.165) is 6.92 Å². The number of aryl methyl sites for hydroxylation is 1. The fourth-order valence-electron chi connectivity index (χ4n) is 2.63. The van der Waals surface area contributed by atoms with Crippen LogP contribution < -0.4 is 10.0 Å². The van der Waals surface area contributed by atoms with E-state index in [4.69, 9.17) is 9.90 Å². The van der Waals surface area contributed by atoms with Crippen LogP contribution in [0, 0.1) is 6.92 Å². The fraction of sp³-hybridized carbons (Fsp3) is 0.280. The van der Waals surface area contributed by atoms with E-state index in [1.807, 2.05) is 0 Å². The predicted octanol–water partition coefficient (Wildman–Crippen LogP) is 3.54. The summed E-state index contributed by atoms with van der Waals surface area (Å²) >= 11 is 0. The molecule has 1 aliphatic rings. The Bertz CT molecular complexity index is 903. The summed E-state index contributed by atoms with van der Waals surface area (Å²) in [6.07, 6.45) is 17.1. The zero-order valence-electron chi connectivity index (χ0n) is 18.6. The van der Waals surface area contributed by atoms with Gasteiger partial charge in [-0.15, -0.1) is 0 Å². The van der Waals surface area contributed by atoms with Crippen molar-refractivity contribution in [3.63, 3.8) is 0 Å². The quantitative estimate of drug-likeness (QED) is 0.582. The van der Waals surface area contributed by atoms with Gasteiger partial charge in [0.05, 0.1) is 0 Å².